The maximum atomic E-state index is 5.83. The summed E-state index contributed by atoms with van der Waals surface area (Å²) in [5, 5.41) is 3.50. The van der Waals surface area contributed by atoms with Crippen LogP contribution in [0.1, 0.15) is 19.5 Å². The topological polar surface area (TPSA) is 29.4 Å². The van der Waals surface area contributed by atoms with Gasteiger partial charge in [0, 0.05) is 51.7 Å². The minimum Gasteiger partial charge on any atom is -0.374 e. The summed E-state index contributed by atoms with van der Waals surface area (Å²) in [6.45, 7) is 10.6. The molecule has 0 aliphatic carbocycles. The van der Waals surface area contributed by atoms with Crippen molar-refractivity contribution in [1.82, 2.24) is 14.8 Å². The molecule has 4 heteroatoms. The number of nitrogens with one attached hydrogen (secondary N) is 1. The first-order valence-corrected chi connectivity index (χ1v) is 7.30. The standard InChI is InChI=1S/C15H27N3O/c1-13(2)11-18-7-8-19-15(12-18)10-16-9-14-5-4-6-17(14)3/h4-6,13,15-16H,7-12H2,1-3H3/t15-/m1/s1. The van der Waals surface area contributed by atoms with Crippen molar-refractivity contribution in [3.63, 3.8) is 0 Å². The van der Waals surface area contributed by atoms with Gasteiger partial charge in [-0.1, -0.05) is 13.8 Å². The minimum atomic E-state index is 0.327. The summed E-state index contributed by atoms with van der Waals surface area (Å²) in [6.07, 6.45) is 2.41. The monoisotopic (exact) mass is 265 g/mol. The molecule has 108 valence electrons. The van der Waals surface area contributed by atoms with E-state index in [2.05, 4.69) is 54.0 Å². The largest absolute Gasteiger partial charge is 0.374 e. The number of aromatic nitrogens is 1. The number of hydrogen-bond acceptors (Lipinski definition) is 3. The van der Waals surface area contributed by atoms with Crippen molar-refractivity contribution in [2.24, 2.45) is 13.0 Å². The summed E-state index contributed by atoms with van der Waals surface area (Å²) in [7, 11) is 2.08. The van der Waals surface area contributed by atoms with Gasteiger partial charge < -0.3 is 14.6 Å². The molecule has 0 unspecified atom stereocenters. The van der Waals surface area contributed by atoms with Gasteiger partial charge in [-0.05, 0) is 18.1 Å². The zero-order valence-electron chi connectivity index (χ0n) is 12.4. The summed E-state index contributed by atoms with van der Waals surface area (Å²) < 4.78 is 7.98. The second kappa shape index (κ2) is 7.08. The average molecular weight is 265 g/mol. The first-order chi connectivity index (χ1) is 9.15. The first-order valence-electron chi connectivity index (χ1n) is 7.30. The summed E-state index contributed by atoms with van der Waals surface area (Å²) >= 11 is 0. The molecule has 0 bridgehead atoms. The highest BCUT2D eigenvalue weighted by atomic mass is 16.5. The normalized spacial score (nSPS) is 21.2. The number of hydrogen-bond donors (Lipinski definition) is 1. The van der Waals surface area contributed by atoms with Crippen LogP contribution in [0.15, 0.2) is 18.3 Å². The number of nitrogens with zero attached hydrogens (tertiary/aromatic N) is 2. The molecule has 19 heavy (non-hydrogen) atoms. The van der Waals surface area contributed by atoms with E-state index in [1.807, 2.05) is 0 Å². The van der Waals surface area contributed by atoms with Gasteiger partial charge >= 0.3 is 0 Å². The van der Waals surface area contributed by atoms with Crippen molar-refractivity contribution in [2.75, 3.05) is 32.8 Å². The van der Waals surface area contributed by atoms with Crippen LogP contribution in [0.2, 0.25) is 0 Å². The van der Waals surface area contributed by atoms with Crippen LogP contribution in [0.4, 0.5) is 0 Å². The van der Waals surface area contributed by atoms with E-state index in [-0.39, 0.29) is 0 Å². The van der Waals surface area contributed by atoms with E-state index in [4.69, 9.17) is 4.74 Å². The number of aryl methyl sites for hydroxylation is 1. The van der Waals surface area contributed by atoms with E-state index in [0.717, 1.165) is 38.7 Å². The van der Waals surface area contributed by atoms with Crippen LogP contribution in [0.3, 0.4) is 0 Å². The fourth-order valence-electron chi connectivity index (χ4n) is 2.63. The second-order valence-corrected chi connectivity index (χ2v) is 5.89. The maximum Gasteiger partial charge on any atom is 0.0826 e. The third-order valence-electron chi connectivity index (χ3n) is 3.58. The van der Waals surface area contributed by atoms with Crippen molar-refractivity contribution in [3.8, 4) is 0 Å². The van der Waals surface area contributed by atoms with Gasteiger partial charge in [0.2, 0.25) is 0 Å². The van der Waals surface area contributed by atoms with Crippen molar-refractivity contribution in [1.29, 1.82) is 0 Å². The van der Waals surface area contributed by atoms with Crippen molar-refractivity contribution < 1.29 is 4.74 Å². The lowest BCUT2D eigenvalue weighted by atomic mass is 10.2. The van der Waals surface area contributed by atoms with Gasteiger partial charge in [-0.15, -0.1) is 0 Å². The van der Waals surface area contributed by atoms with E-state index in [0.29, 0.717) is 6.10 Å². The molecule has 0 spiro atoms. The van der Waals surface area contributed by atoms with E-state index >= 15 is 0 Å². The van der Waals surface area contributed by atoms with Crippen molar-refractivity contribution >= 4 is 0 Å². The molecule has 1 fully saturated rings. The Morgan fingerprint density at radius 1 is 1.47 bits per heavy atom. The number of ether oxygens (including phenoxy) is 1. The van der Waals surface area contributed by atoms with Gasteiger partial charge in [0.05, 0.1) is 12.7 Å². The van der Waals surface area contributed by atoms with Gasteiger partial charge in [0.1, 0.15) is 0 Å². The molecule has 1 aliphatic rings. The summed E-state index contributed by atoms with van der Waals surface area (Å²) in [6, 6.07) is 4.23. The Bertz CT molecular complexity index is 375. The maximum absolute atomic E-state index is 5.83. The Morgan fingerprint density at radius 3 is 3.00 bits per heavy atom. The van der Waals surface area contributed by atoms with Gasteiger partial charge in [0.25, 0.3) is 0 Å². The molecule has 0 saturated carbocycles. The third-order valence-corrected chi connectivity index (χ3v) is 3.58. The molecule has 0 amide bonds. The van der Waals surface area contributed by atoms with Gasteiger partial charge in [-0.3, -0.25) is 4.90 Å². The van der Waals surface area contributed by atoms with Crippen molar-refractivity contribution in [3.05, 3.63) is 24.0 Å². The highest BCUT2D eigenvalue weighted by Crippen LogP contribution is 2.07. The average Bonchev–Trinajstić information content (AvgIpc) is 2.75. The number of rotatable bonds is 6. The highest BCUT2D eigenvalue weighted by Gasteiger charge is 2.20. The van der Waals surface area contributed by atoms with E-state index in [9.17, 15) is 0 Å². The fraction of sp³-hybridized carbons (Fsp3) is 0.733. The zero-order valence-corrected chi connectivity index (χ0v) is 12.4. The van der Waals surface area contributed by atoms with Crippen LogP contribution < -0.4 is 5.32 Å². The predicted molar refractivity (Wildman–Crippen MR) is 78.1 cm³/mol. The third kappa shape index (κ3) is 4.64. The Kier molecular flexibility index (Phi) is 5.43. The Hall–Kier alpha value is -0.840. The van der Waals surface area contributed by atoms with Gasteiger partial charge in [-0.25, -0.2) is 0 Å². The van der Waals surface area contributed by atoms with Crippen LogP contribution in [-0.4, -0.2) is 48.4 Å². The molecule has 1 atom stereocenters. The first kappa shape index (κ1) is 14.6. The molecule has 1 N–H and O–H groups in total. The molecule has 1 saturated heterocycles. The second-order valence-electron chi connectivity index (χ2n) is 5.89. The molecule has 4 nitrogen and oxygen atoms in total. The Morgan fingerprint density at radius 2 is 2.32 bits per heavy atom. The van der Waals surface area contributed by atoms with E-state index in [1.54, 1.807) is 0 Å². The molecular weight excluding hydrogens is 238 g/mol. The zero-order chi connectivity index (χ0) is 13.7. The molecule has 2 heterocycles. The lowest BCUT2D eigenvalue weighted by Gasteiger charge is -2.34. The molecule has 1 aliphatic heterocycles. The lowest BCUT2D eigenvalue weighted by molar-refractivity contribution is -0.0304. The molecule has 0 aromatic carbocycles. The SMILES string of the molecule is CC(C)CN1CCO[C@H](CNCc2cccn2C)C1. The van der Waals surface area contributed by atoms with Crippen LogP contribution >= 0.6 is 0 Å². The minimum absolute atomic E-state index is 0.327. The van der Waals surface area contributed by atoms with Gasteiger partial charge in [-0.2, -0.15) is 0 Å². The molecule has 0 radical (unpaired) electrons. The molecule has 1 aromatic rings. The summed E-state index contributed by atoms with van der Waals surface area (Å²) in [5.74, 6) is 0.732. The number of morpholine rings is 1. The smallest absolute Gasteiger partial charge is 0.0826 e. The quantitative estimate of drug-likeness (QED) is 0.844. The highest BCUT2D eigenvalue weighted by molar-refractivity contribution is 5.05. The van der Waals surface area contributed by atoms with E-state index < -0.39 is 0 Å². The Balaban J connectivity index is 1.69. The van der Waals surface area contributed by atoms with E-state index in [1.165, 1.54) is 12.2 Å². The molecule has 1 aromatic heterocycles. The molecule has 2 rings (SSSR count). The van der Waals surface area contributed by atoms with Crippen LogP contribution in [-0.2, 0) is 18.3 Å². The predicted octanol–water partition coefficient (Wildman–Crippen LogP) is 1.47. The Labute approximate surface area is 116 Å². The summed E-state index contributed by atoms with van der Waals surface area (Å²) in [4.78, 5) is 2.52. The van der Waals surface area contributed by atoms with Crippen molar-refractivity contribution in [2.45, 2.75) is 26.5 Å². The van der Waals surface area contributed by atoms with Gasteiger partial charge in [0.15, 0.2) is 0 Å². The lowest BCUT2D eigenvalue weighted by Crippen LogP contribution is -2.47. The van der Waals surface area contributed by atoms with Crippen LogP contribution in [0, 0.1) is 5.92 Å². The van der Waals surface area contributed by atoms with Crippen LogP contribution in [0.25, 0.3) is 0 Å². The molecular formula is C15H27N3O. The summed E-state index contributed by atoms with van der Waals surface area (Å²) in [5.41, 5.74) is 1.31. The fourth-order valence-corrected chi connectivity index (χ4v) is 2.63. The van der Waals surface area contributed by atoms with Crippen LogP contribution in [0.5, 0.6) is 0 Å².